The fourth-order valence-corrected chi connectivity index (χ4v) is 1.73. The van der Waals surface area contributed by atoms with E-state index in [4.69, 9.17) is 4.74 Å². The van der Waals surface area contributed by atoms with Crippen LogP contribution in [0, 0.1) is 11.6 Å². The first-order chi connectivity index (χ1) is 9.11. The fourth-order valence-electron chi connectivity index (χ4n) is 1.73. The van der Waals surface area contributed by atoms with Crippen LogP contribution in [0.4, 0.5) is 14.5 Å². The summed E-state index contributed by atoms with van der Waals surface area (Å²) < 4.78 is 36.9. The predicted octanol–water partition coefficient (Wildman–Crippen LogP) is 0.900. The molecule has 1 unspecified atom stereocenters. The van der Waals surface area contributed by atoms with Gasteiger partial charge in [0.15, 0.2) is 17.4 Å². The molecule has 2 rings (SSSR count). The van der Waals surface area contributed by atoms with E-state index >= 15 is 0 Å². The quantitative estimate of drug-likeness (QED) is 0.858. The number of anilines is 1. The average Bonchev–Trinajstić information content (AvgIpc) is 2.43. The second kappa shape index (κ2) is 5.94. The topological polar surface area (TPSA) is 59.6 Å². The summed E-state index contributed by atoms with van der Waals surface area (Å²) in [6.07, 6.45) is -0.710. The van der Waals surface area contributed by atoms with Crippen molar-refractivity contribution < 1.29 is 23.0 Å². The van der Waals surface area contributed by atoms with E-state index in [0.717, 1.165) is 12.1 Å². The van der Waals surface area contributed by atoms with E-state index in [1.165, 1.54) is 7.11 Å². The van der Waals surface area contributed by atoms with Gasteiger partial charge in [-0.15, -0.1) is 0 Å². The summed E-state index contributed by atoms with van der Waals surface area (Å²) in [6.45, 7) is 1.40. The standard InChI is InChI=1S/C12H14F2N2O3/c1-18-10-5-7(13)9(4-8(10)14)16-12(17)11-6-15-2-3-19-11/h4-5,11,15H,2-3,6H2,1H3,(H,16,17). The number of carbonyl (C=O) groups is 1. The number of ether oxygens (including phenoxy) is 2. The first kappa shape index (κ1) is 13.7. The maximum atomic E-state index is 13.6. The van der Waals surface area contributed by atoms with Gasteiger partial charge in [-0.1, -0.05) is 0 Å². The number of benzene rings is 1. The third-order valence-corrected chi connectivity index (χ3v) is 2.72. The van der Waals surface area contributed by atoms with Crippen LogP contribution in [0.5, 0.6) is 5.75 Å². The Morgan fingerprint density at radius 1 is 1.47 bits per heavy atom. The number of hydrogen-bond acceptors (Lipinski definition) is 4. The highest BCUT2D eigenvalue weighted by molar-refractivity contribution is 5.94. The van der Waals surface area contributed by atoms with E-state index in [0.29, 0.717) is 19.7 Å². The number of halogens is 2. The van der Waals surface area contributed by atoms with Crippen LogP contribution in [0.15, 0.2) is 12.1 Å². The smallest absolute Gasteiger partial charge is 0.254 e. The molecule has 1 atom stereocenters. The molecule has 0 aromatic heterocycles. The van der Waals surface area contributed by atoms with Gasteiger partial charge < -0.3 is 20.1 Å². The molecular weight excluding hydrogens is 258 g/mol. The van der Waals surface area contributed by atoms with E-state index in [2.05, 4.69) is 15.4 Å². The summed E-state index contributed by atoms with van der Waals surface area (Å²) in [6, 6.07) is 1.76. The molecule has 5 nitrogen and oxygen atoms in total. The maximum absolute atomic E-state index is 13.6. The molecule has 0 bridgehead atoms. The normalized spacial score (nSPS) is 19.0. The van der Waals surface area contributed by atoms with Crippen molar-refractivity contribution in [3.05, 3.63) is 23.8 Å². The Kier molecular flexibility index (Phi) is 4.28. The first-order valence-electron chi connectivity index (χ1n) is 5.78. The van der Waals surface area contributed by atoms with Crippen LogP contribution in [0.25, 0.3) is 0 Å². The lowest BCUT2D eigenvalue weighted by atomic mass is 10.2. The Balaban J connectivity index is 2.10. The van der Waals surface area contributed by atoms with Crippen molar-refractivity contribution in [3.63, 3.8) is 0 Å². The van der Waals surface area contributed by atoms with Crippen molar-refractivity contribution in [1.82, 2.24) is 5.32 Å². The minimum absolute atomic E-state index is 0.217. The van der Waals surface area contributed by atoms with Crippen molar-refractivity contribution in [2.45, 2.75) is 6.10 Å². The molecule has 1 amide bonds. The van der Waals surface area contributed by atoms with E-state index in [-0.39, 0.29) is 11.4 Å². The summed E-state index contributed by atoms with van der Waals surface area (Å²) in [5, 5.41) is 5.27. The third kappa shape index (κ3) is 3.18. The van der Waals surface area contributed by atoms with Crippen molar-refractivity contribution in [2.75, 3.05) is 32.1 Å². The molecule has 2 N–H and O–H groups in total. The zero-order chi connectivity index (χ0) is 13.8. The molecule has 7 heteroatoms. The SMILES string of the molecule is COc1cc(F)c(NC(=O)C2CNCCO2)cc1F. The number of methoxy groups -OCH3 is 1. The molecule has 1 aromatic carbocycles. The molecule has 1 aromatic rings. The first-order valence-corrected chi connectivity index (χ1v) is 5.78. The summed E-state index contributed by atoms with van der Waals surface area (Å²) in [7, 11) is 1.23. The largest absolute Gasteiger partial charge is 0.494 e. The minimum atomic E-state index is -0.768. The Morgan fingerprint density at radius 3 is 2.89 bits per heavy atom. The maximum Gasteiger partial charge on any atom is 0.254 e. The molecule has 1 aliphatic heterocycles. The van der Waals surface area contributed by atoms with Gasteiger partial charge in [0, 0.05) is 25.2 Å². The van der Waals surface area contributed by atoms with E-state index in [9.17, 15) is 13.6 Å². The van der Waals surface area contributed by atoms with E-state index < -0.39 is 23.6 Å². The number of nitrogens with one attached hydrogen (secondary N) is 2. The van der Waals surface area contributed by atoms with E-state index in [1.54, 1.807) is 0 Å². The second-order valence-corrected chi connectivity index (χ2v) is 4.02. The number of rotatable bonds is 3. The van der Waals surface area contributed by atoms with Gasteiger partial charge >= 0.3 is 0 Å². The van der Waals surface area contributed by atoms with Gasteiger partial charge in [-0.05, 0) is 0 Å². The Labute approximate surface area is 108 Å². The predicted molar refractivity (Wildman–Crippen MR) is 64.1 cm³/mol. The number of hydrogen-bond donors (Lipinski definition) is 2. The average molecular weight is 272 g/mol. The van der Waals surface area contributed by atoms with Crippen LogP contribution in [-0.4, -0.2) is 38.8 Å². The lowest BCUT2D eigenvalue weighted by Gasteiger charge is -2.22. The van der Waals surface area contributed by atoms with Gasteiger partial charge in [0.05, 0.1) is 19.4 Å². The highest BCUT2D eigenvalue weighted by Crippen LogP contribution is 2.24. The molecule has 1 heterocycles. The lowest BCUT2D eigenvalue weighted by molar-refractivity contribution is -0.128. The molecule has 0 aliphatic carbocycles. The lowest BCUT2D eigenvalue weighted by Crippen LogP contribution is -2.45. The summed E-state index contributed by atoms with van der Waals surface area (Å²) in [5.41, 5.74) is -0.238. The molecular formula is C12H14F2N2O3. The second-order valence-electron chi connectivity index (χ2n) is 4.02. The molecule has 1 fully saturated rings. The molecule has 1 saturated heterocycles. The summed E-state index contributed by atoms with van der Waals surface area (Å²) >= 11 is 0. The van der Waals surface area contributed by atoms with Crippen LogP contribution in [-0.2, 0) is 9.53 Å². The minimum Gasteiger partial charge on any atom is -0.494 e. The van der Waals surface area contributed by atoms with Gasteiger partial charge in [-0.25, -0.2) is 8.78 Å². The van der Waals surface area contributed by atoms with Gasteiger partial charge in [-0.3, -0.25) is 4.79 Å². The molecule has 0 spiro atoms. The van der Waals surface area contributed by atoms with Gasteiger partial charge in [0.1, 0.15) is 6.10 Å². The van der Waals surface area contributed by atoms with Crippen molar-refractivity contribution in [1.29, 1.82) is 0 Å². The number of morpholine rings is 1. The Hall–Kier alpha value is -1.73. The number of amides is 1. The summed E-state index contributed by atoms with van der Waals surface area (Å²) in [4.78, 5) is 11.8. The number of carbonyl (C=O) groups excluding carboxylic acids is 1. The molecule has 1 aliphatic rings. The van der Waals surface area contributed by atoms with Crippen molar-refractivity contribution >= 4 is 11.6 Å². The van der Waals surface area contributed by atoms with Crippen LogP contribution < -0.4 is 15.4 Å². The Morgan fingerprint density at radius 2 is 2.26 bits per heavy atom. The zero-order valence-electron chi connectivity index (χ0n) is 10.3. The Bertz CT molecular complexity index is 476. The summed E-state index contributed by atoms with van der Waals surface area (Å²) in [5.74, 6) is -2.25. The van der Waals surface area contributed by atoms with Crippen LogP contribution in [0.3, 0.4) is 0 Å². The molecule has 0 saturated carbocycles. The third-order valence-electron chi connectivity index (χ3n) is 2.72. The van der Waals surface area contributed by atoms with E-state index in [1.807, 2.05) is 0 Å². The molecule has 104 valence electrons. The van der Waals surface area contributed by atoms with Crippen molar-refractivity contribution in [3.8, 4) is 5.75 Å². The van der Waals surface area contributed by atoms with Gasteiger partial charge in [0.2, 0.25) is 0 Å². The fraction of sp³-hybridized carbons (Fsp3) is 0.417. The zero-order valence-corrected chi connectivity index (χ0v) is 10.3. The van der Waals surface area contributed by atoms with Gasteiger partial charge in [-0.2, -0.15) is 0 Å². The monoisotopic (exact) mass is 272 g/mol. The van der Waals surface area contributed by atoms with Crippen LogP contribution in [0.1, 0.15) is 0 Å². The molecule has 19 heavy (non-hydrogen) atoms. The molecule has 0 radical (unpaired) electrons. The van der Waals surface area contributed by atoms with Crippen molar-refractivity contribution in [2.24, 2.45) is 0 Å². The van der Waals surface area contributed by atoms with Gasteiger partial charge in [0.25, 0.3) is 5.91 Å². The highest BCUT2D eigenvalue weighted by Gasteiger charge is 2.23. The highest BCUT2D eigenvalue weighted by atomic mass is 19.1. The van der Waals surface area contributed by atoms with Crippen LogP contribution in [0.2, 0.25) is 0 Å². The van der Waals surface area contributed by atoms with Crippen LogP contribution >= 0.6 is 0 Å².